The fraction of sp³-hybridized carbons (Fsp3) is 0. The Morgan fingerprint density at radius 2 is 1.00 bits per heavy atom. The van der Waals surface area contributed by atoms with Gasteiger partial charge < -0.3 is 0 Å². The van der Waals surface area contributed by atoms with Gasteiger partial charge in [-0.15, -0.1) is 0 Å². The molecule has 50 valence electrons. The van der Waals surface area contributed by atoms with Crippen molar-refractivity contribution in [2.24, 2.45) is 0 Å². The van der Waals surface area contributed by atoms with Gasteiger partial charge in [0.25, 0.3) is 0 Å². The molecule has 0 aliphatic rings. The first-order valence-electron chi connectivity index (χ1n) is 0. The summed E-state index contributed by atoms with van der Waals surface area (Å²) in [5.41, 5.74) is 0. The predicted octanol–water partition coefficient (Wildman–Crippen LogP) is -2.38. The second-order valence-corrected chi connectivity index (χ2v) is 0. The minimum atomic E-state index is 0. The fourth-order valence-electron chi connectivity index (χ4n) is 0. The van der Waals surface area contributed by atoms with E-state index in [1.807, 2.05) is 0 Å². The maximum absolute atomic E-state index is 0. The zero-order chi connectivity index (χ0) is 0. The van der Waals surface area contributed by atoms with Crippen LogP contribution in [0, 0.1) is 0 Å². The zero-order valence-electron chi connectivity index (χ0n) is 2.65. The van der Waals surface area contributed by atoms with E-state index in [-0.39, 0.29) is 144 Å². The Morgan fingerprint density at radius 3 is 1.00 bits per heavy atom. The molecule has 0 fully saturated rings. The van der Waals surface area contributed by atoms with Crippen LogP contribution < -0.4 is 0 Å². The summed E-state index contributed by atoms with van der Waals surface area (Å²) in [6.45, 7) is 0. The molecule has 2 radical (unpaired) electrons. The molecule has 0 N–H and O–H groups in total. The van der Waals surface area contributed by atoms with Gasteiger partial charge in [-0.05, 0) is 11.0 Å². The van der Waals surface area contributed by atoms with E-state index in [4.69, 9.17) is 0 Å². The van der Waals surface area contributed by atoms with Crippen molar-refractivity contribution >= 4 is 34.0 Å². The maximum Gasteiger partial charge on any atom is 0.316 e. The van der Waals surface area contributed by atoms with Crippen LogP contribution >= 0.6 is 0 Å². The van der Waals surface area contributed by atoms with E-state index >= 15 is 0 Å². The van der Waals surface area contributed by atoms with Gasteiger partial charge in [-0.25, -0.2) is 0 Å². The Balaban J connectivity index is 0. The average molecular weight is 398 g/mol. The van der Waals surface area contributed by atoms with Crippen LogP contribution in [0.2, 0.25) is 0 Å². The summed E-state index contributed by atoms with van der Waals surface area (Å²) < 4.78 is 0. The molecule has 0 aromatic heterocycles. The molecular weight excluding hydrogens is 392 g/mol. The average Bonchev–Trinajstić information content (AvgIpc) is 0. The molecule has 0 bridgehead atoms. The van der Waals surface area contributed by atoms with Gasteiger partial charge in [0.15, 0.2) is 0 Å². The van der Waals surface area contributed by atoms with Crippen LogP contribution in [0.4, 0.5) is 0 Å². The number of rotatable bonds is 0. The van der Waals surface area contributed by atoms with E-state index in [0.29, 0.717) is 0 Å². The first-order chi connectivity index (χ1) is 0. The van der Waals surface area contributed by atoms with Crippen LogP contribution in [0.15, 0.2) is 0 Å². The van der Waals surface area contributed by atoms with Gasteiger partial charge in [0.2, 0.25) is 0 Å². The van der Waals surface area contributed by atoms with E-state index in [9.17, 15) is 0 Å². The third-order valence-corrected chi connectivity index (χ3v) is 0. The molecule has 0 rings (SSSR count). The van der Waals surface area contributed by atoms with Crippen molar-refractivity contribution in [1.82, 2.24) is 0 Å². The van der Waals surface area contributed by atoms with E-state index in [1.54, 1.807) is 0 Å². The molecule has 0 heterocycles. The summed E-state index contributed by atoms with van der Waals surface area (Å²) in [4.78, 5) is 0. The van der Waals surface area contributed by atoms with Crippen molar-refractivity contribution in [2.75, 3.05) is 0 Å². The third kappa shape index (κ3) is 47.4. The summed E-state index contributed by atoms with van der Waals surface area (Å²) in [6, 6.07) is 0. The molecule has 0 aromatic rings. The van der Waals surface area contributed by atoms with E-state index in [1.165, 1.54) is 0 Å². The molecule has 0 aliphatic carbocycles. The summed E-state index contributed by atoms with van der Waals surface area (Å²) >= 11 is 0. The van der Waals surface area contributed by atoms with Crippen molar-refractivity contribution in [3.05, 3.63) is 0 Å². The van der Waals surface area contributed by atoms with E-state index in [2.05, 4.69) is 0 Å². The Labute approximate surface area is 141 Å². The summed E-state index contributed by atoms with van der Waals surface area (Å²) in [6.07, 6.45) is 0. The molecule has 0 aromatic carbocycles. The molecule has 0 saturated heterocycles. The van der Waals surface area contributed by atoms with Crippen LogP contribution in [0.5, 0.6) is 0 Å². The van der Waals surface area contributed by atoms with Crippen molar-refractivity contribution in [1.29, 1.82) is 0 Å². The van der Waals surface area contributed by atoms with Gasteiger partial charge in [-0.2, -0.15) is 0 Å². The van der Waals surface area contributed by atoms with Crippen LogP contribution in [0.1, 0.15) is 0 Å². The van der Waals surface area contributed by atoms with Gasteiger partial charge in [-0.1, -0.05) is 0 Å². The molecule has 0 nitrogen and oxygen atoms in total. The molecule has 0 unspecified atom stereocenters. The molecule has 0 spiro atoms. The molecule has 0 aliphatic heterocycles. The molecule has 8 heavy (non-hydrogen) atoms. The quantitative estimate of drug-likeness (QED) is 0.400. The van der Waals surface area contributed by atoms with Crippen LogP contribution in [0.25, 0.3) is 0 Å². The van der Waals surface area contributed by atoms with Crippen LogP contribution in [-0.2, 0) is 110 Å². The Morgan fingerprint density at radius 1 is 1.00 bits per heavy atom. The van der Waals surface area contributed by atoms with E-state index < -0.39 is 0 Å². The Hall–Kier alpha value is 4.41. The van der Waals surface area contributed by atoms with Gasteiger partial charge in [0, 0.05) is 110 Å². The standard InChI is InChI=1S/Cr.Cu.Fe.Mg.Mn.H4Si.Ti.Zn.2H/h;;;;;1H4;;;;. The minimum Gasteiger partial charge on any atom is -0.0149 e. The number of hydrogen-bond acceptors (Lipinski definition) is 0. The first-order valence-corrected chi connectivity index (χ1v) is 0. The maximum atomic E-state index is 0. The largest absolute Gasteiger partial charge is 0.316 e. The first kappa shape index (κ1) is 83.0. The second kappa shape index (κ2) is 63.6. The Bertz CT molecular complexity index is 24.0. The van der Waals surface area contributed by atoms with Crippen molar-refractivity contribution in [3.63, 3.8) is 0 Å². The molecule has 0 amide bonds. The topological polar surface area (TPSA) is 0 Å². The zero-order valence-corrected chi connectivity index (χ0v) is 11.7. The monoisotopic (exact) mass is 396 g/mol. The fourth-order valence-corrected chi connectivity index (χ4v) is 0. The van der Waals surface area contributed by atoms with Gasteiger partial charge in [0.05, 0.1) is 0 Å². The van der Waals surface area contributed by atoms with Crippen molar-refractivity contribution < 1.29 is 110 Å². The summed E-state index contributed by atoms with van der Waals surface area (Å²) in [5.74, 6) is 0. The van der Waals surface area contributed by atoms with Crippen molar-refractivity contribution in [3.8, 4) is 0 Å². The summed E-state index contributed by atoms with van der Waals surface area (Å²) in [7, 11) is 0. The van der Waals surface area contributed by atoms with E-state index in [0.717, 1.165) is 0 Å². The normalized spacial score (nSPS) is 0. The molecule has 0 atom stereocenters. The molecular formula is H6CrCuFeMgMnSiTiZn. The van der Waals surface area contributed by atoms with Gasteiger partial charge >= 0.3 is 23.1 Å². The van der Waals surface area contributed by atoms with Crippen LogP contribution in [-0.4, -0.2) is 34.0 Å². The minimum absolute atomic E-state index is 0. The number of hydrogen-bond donors (Lipinski definition) is 0. The smallest absolute Gasteiger partial charge is 0.0149 e. The van der Waals surface area contributed by atoms with Crippen LogP contribution in [0.3, 0.4) is 0 Å². The molecule has 8 heteroatoms. The van der Waals surface area contributed by atoms with Gasteiger partial charge in [0.1, 0.15) is 0 Å². The second-order valence-electron chi connectivity index (χ2n) is 0. The SMILES string of the molecule is [Cr].[Cu].[Fe].[MgH2].[Mn].[SiH4].[Ti].[Zn]. The predicted molar refractivity (Wildman–Crippen MR) is 19.9 cm³/mol. The van der Waals surface area contributed by atoms with Gasteiger partial charge in [-0.3, -0.25) is 0 Å². The molecule has 0 saturated carbocycles. The Kier molecular flexibility index (Phi) is 660. The summed E-state index contributed by atoms with van der Waals surface area (Å²) in [5, 5.41) is 0. The third-order valence-electron chi connectivity index (χ3n) is 0. The van der Waals surface area contributed by atoms with Crippen molar-refractivity contribution in [2.45, 2.75) is 0 Å².